The number of carbonyl (C=O) groups is 1. The number of aromatic hydroxyl groups is 1. The topological polar surface area (TPSA) is 96.5 Å². The maximum Gasteiger partial charge on any atom is 0.337 e. The number of anilines is 1. The molecule has 1 unspecified atom stereocenters. The molecule has 1 aliphatic heterocycles. The number of ether oxygens (including phenoxy) is 2. The number of phenolic OH excluding ortho intramolecular Hbond substituents is 1. The molecule has 1 atom stereocenters. The second-order valence-electron chi connectivity index (χ2n) is 12.7. The highest BCUT2D eigenvalue weighted by atomic mass is 19.1. The number of benzene rings is 2. The number of halogens is 1. The monoisotopic (exact) mass is 601 g/mol. The number of fused-ring (bicyclic) bond motifs is 1. The standard InChI is InChI=1S/C35H40FN3O5/c1-7-17-43-35(6)13-15-38(16-14-35)31-28-20-27(24-10-8-9-23(18-24)26-19-25(36)11-12-29(26)40)37-39(28)21-22(2)30(31)32(33(41)42)44-34(3,4)5/h7-12,18-21,32,40H,1,13-17H2,2-6H3,(H,41,42). The summed E-state index contributed by atoms with van der Waals surface area (Å²) in [5, 5.41) is 25.7. The van der Waals surface area contributed by atoms with Gasteiger partial charge in [-0.2, -0.15) is 5.10 Å². The maximum absolute atomic E-state index is 14.0. The number of phenols is 1. The van der Waals surface area contributed by atoms with Gasteiger partial charge in [0.1, 0.15) is 11.6 Å². The molecule has 232 valence electrons. The van der Waals surface area contributed by atoms with E-state index >= 15 is 0 Å². The molecule has 0 amide bonds. The Morgan fingerprint density at radius 2 is 1.86 bits per heavy atom. The predicted octanol–water partition coefficient (Wildman–Crippen LogP) is 7.32. The average molecular weight is 602 g/mol. The van der Waals surface area contributed by atoms with Crippen LogP contribution in [0.5, 0.6) is 5.75 Å². The highest BCUT2D eigenvalue weighted by Gasteiger charge is 2.37. The zero-order chi connectivity index (χ0) is 31.8. The van der Waals surface area contributed by atoms with Crippen molar-refractivity contribution in [2.24, 2.45) is 0 Å². The number of aryl methyl sites for hydroxylation is 1. The molecule has 4 aromatic rings. The number of aromatic nitrogens is 2. The first-order valence-electron chi connectivity index (χ1n) is 14.8. The lowest BCUT2D eigenvalue weighted by Gasteiger charge is -2.41. The fraction of sp³-hybridized carbons (Fsp3) is 0.371. The minimum Gasteiger partial charge on any atom is -0.507 e. The molecule has 1 fully saturated rings. The average Bonchev–Trinajstić information content (AvgIpc) is 3.39. The van der Waals surface area contributed by atoms with Crippen molar-refractivity contribution in [1.82, 2.24) is 9.61 Å². The van der Waals surface area contributed by atoms with Gasteiger partial charge < -0.3 is 24.6 Å². The number of hydrogen-bond donors (Lipinski definition) is 2. The summed E-state index contributed by atoms with van der Waals surface area (Å²) in [6.07, 6.45) is 3.89. The number of aliphatic carboxylic acids is 1. The van der Waals surface area contributed by atoms with Crippen molar-refractivity contribution in [3.63, 3.8) is 0 Å². The summed E-state index contributed by atoms with van der Waals surface area (Å²) in [6.45, 7) is 15.1. The molecule has 0 aliphatic carbocycles. The second kappa shape index (κ2) is 12.1. The van der Waals surface area contributed by atoms with E-state index in [0.717, 1.165) is 35.2 Å². The number of nitrogens with zero attached hydrogens (tertiary/aromatic N) is 3. The van der Waals surface area contributed by atoms with Crippen LogP contribution in [-0.4, -0.2) is 56.7 Å². The van der Waals surface area contributed by atoms with E-state index < -0.39 is 23.5 Å². The van der Waals surface area contributed by atoms with Crippen molar-refractivity contribution in [2.75, 3.05) is 24.6 Å². The van der Waals surface area contributed by atoms with Gasteiger partial charge >= 0.3 is 5.97 Å². The van der Waals surface area contributed by atoms with E-state index in [-0.39, 0.29) is 11.4 Å². The van der Waals surface area contributed by atoms with Crippen LogP contribution in [0.1, 0.15) is 57.8 Å². The molecular weight excluding hydrogens is 561 g/mol. The molecule has 44 heavy (non-hydrogen) atoms. The fourth-order valence-electron chi connectivity index (χ4n) is 5.83. The first-order chi connectivity index (χ1) is 20.8. The van der Waals surface area contributed by atoms with Crippen molar-refractivity contribution in [3.8, 4) is 28.1 Å². The van der Waals surface area contributed by atoms with Crippen LogP contribution in [0.3, 0.4) is 0 Å². The van der Waals surface area contributed by atoms with Gasteiger partial charge in [-0.05, 0) is 88.9 Å². The molecule has 0 bridgehead atoms. The van der Waals surface area contributed by atoms with Crippen LogP contribution in [-0.2, 0) is 14.3 Å². The lowest BCUT2D eigenvalue weighted by Crippen LogP contribution is -2.45. The van der Waals surface area contributed by atoms with Gasteiger partial charge in [0.2, 0.25) is 0 Å². The van der Waals surface area contributed by atoms with Crippen LogP contribution in [0, 0.1) is 12.7 Å². The largest absolute Gasteiger partial charge is 0.507 e. The van der Waals surface area contributed by atoms with Crippen LogP contribution in [0.2, 0.25) is 0 Å². The van der Waals surface area contributed by atoms with Gasteiger partial charge in [0.25, 0.3) is 0 Å². The van der Waals surface area contributed by atoms with Gasteiger partial charge in [-0.25, -0.2) is 13.7 Å². The van der Waals surface area contributed by atoms with Crippen LogP contribution >= 0.6 is 0 Å². The van der Waals surface area contributed by atoms with E-state index in [1.165, 1.54) is 18.2 Å². The van der Waals surface area contributed by atoms with Crippen molar-refractivity contribution in [3.05, 3.63) is 84.3 Å². The minimum absolute atomic E-state index is 0.0196. The molecule has 0 saturated carbocycles. The Labute approximate surface area is 257 Å². The Bertz CT molecular complexity index is 1700. The number of pyridine rings is 1. The first kappa shape index (κ1) is 31.2. The van der Waals surface area contributed by atoms with E-state index in [1.54, 1.807) is 10.6 Å². The van der Waals surface area contributed by atoms with Gasteiger partial charge in [-0.15, -0.1) is 6.58 Å². The molecular formula is C35H40FN3O5. The smallest absolute Gasteiger partial charge is 0.337 e. The number of hydrogen-bond acceptors (Lipinski definition) is 6. The molecule has 3 heterocycles. The maximum atomic E-state index is 14.0. The van der Waals surface area contributed by atoms with Gasteiger partial charge in [0, 0.05) is 36.0 Å². The molecule has 0 radical (unpaired) electrons. The molecule has 1 saturated heterocycles. The Balaban J connectivity index is 1.65. The van der Waals surface area contributed by atoms with E-state index in [9.17, 15) is 19.4 Å². The number of carboxylic acid groups (broad SMARTS) is 1. The highest BCUT2D eigenvalue weighted by molar-refractivity contribution is 5.87. The summed E-state index contributed by atoms with van der Waals surface area (Å²) in [6, 6.07) is 13.2. The van der Waals surface area contributed by atoms with Crippen molar-refractivity contribution < 1.29 is 28.9 Å². The molecule has 2 N–H and O–H groups in total. The number of rotatable bonds is 9. The molecule has 0 spiro atoms. The van der Waals surface area contributed by atoms with Crippen LogP contribution < -0.4 is 4.90 Å². The summed E-state index contributed by atoms with van der Waals surface area (Å²) < 4.78 is 28.1. The summed E-state index contributed by atoms with van der Waals surface area (Å²) in [4.78, 5) is 14.9. The quantitative estimate of drug-likeness (QED) is 0.194. The molecule has 5 rings (SSSR count). The Morgan fingerprint density at radius 1 is 1.16 bits per heavy atom. The number of carboxylic acids is 1. The SMILES string of the molecule is C=CCOC1(C)CCN(c2c(C(OC(C)(C)C)C(=O)O)c(C)cn3nc(-c4cccc(-c5cc(F)ccc5O)c4)cc23)CC1. The first-order valence-corrected chi connectivity index (χ1v) is 14.8. The normalized spacial score (nSPS) is 15.8. The lowest BCUT2D eigenvalue weighted by molar-refractivity contribution is -0.160. The molecule has 2 aromatic heterocycles. The van der Waals surface area contributed by atoms with E-state index in [4.69, 9.17) is 14.6 Å². The van der Waals surface area contributed by atoms with E-state index in [1.807, 2.05) is 64.2 Å². The van der Waals surface area contributed by atoms with Gasteiger partial charge in [0.15, 0.2) is 6.10 Å². The van der Waals surface area contributed by atoms with Crippen LogP contribution in [0.15, 0.2) is 67.4 Å². The van der Waals surface area contributed by atoms with E-state index in [0.29, 0.717) is 42.1 Å². The lowest BCUT2D eigenvalue weighted by atomic mass is 9.91. The Morgan fingerprint density at radius 3 is 2.52 bits per heavy atom. The zero-order valence-electron chi connectivity index (χ0n) is 25.9. The summed E-state index contributed by atoms with van der Waals surface area (Å²) in [5.41, 5.74) is 4.30. The van der Waals surface area contributed by atoms with Gasteiger partial charge in [-0.1, -0.05) is 24.3 Å². The van der Waals surface area contributed by atoms with Crippen molar-refractivity contribution in [2.45, 2.75) is 64.8 Å². The van der Waals surface area contributed by atoms with Crippen molar-refractivity contribution in [1.29, 1.82) is 0 Å². The summed E-state index contributed by atoms with van der Waals surface area (Å²) in [5.74, 6) is -1.53. The molecule has 8 nitrogen and oxygen atoms in total. The fourth-order valence-corrected chi connectivity index (χ4v) is 5.83. The third-order valence-corrected chi connectivity index (χ3v) is 8.05. The third kappa shape index (κ3) is 6.49. The Kier molecular flexibility index (Phi) is 8.55. The molecule has 9 heteroatoms. The van der Waals surface area contributed by atoms with Crippen LogP contribution in [0.25, 0.3) is 27.9 Å². The molecule has 2 aromatic carbocycles. The van der Waals surface area contributed by atoms with Crippen molar-refractivity contribution >= 4 is 17.2 Å². The van der Waals surface area contributed by atoms with E-state index in [2.05, 4.69) is 18.4 Å². The second-order valence-corrected chi connectivity index (χ2v) is 12.7. The summed E-state index contributed by atoms with van der Waals surface area (Å²) >= 11 is 0. The van der Waals surface area contributed by atoms with Gasteiger partial charge in [-0.3, -0.25) is 0 Å². The van der Waals surface area contributed by atoms with Crippen LogP contribution in [0.4, 0.5) is 10.1 Å². The molecule has 1 aliphatic rings. The zero-order valence-corrected chi connectivity index (χ0v) is 25.9. The number of piperidine rings is 1. The minimum atomic E-state index is -1.20. The predicted molar refractivity (Wildman–Crippen MR) is 170 cm³/mol. The highest BCUT2D eigenvalue weighted by Crippen LogP contribution is 2.41. The van der Waals surface area contributed by atoms with Gasteiger partial charge in [0.05, 0.1) is 34.7 Å². The summed E-state index contributed by atoms with van der Waals surface area (Å²) in [7, 11) is 0. The third-order valence-electron chi connectivity index (χ3n) is 8.05. The Hall–Kier alpha value is -4.21.